The lowest BCUT2D eigenvalue weighted by atomic mass is 9.93. The van der Waals surface area contributed by atoms with E-state index in [-0.39, 0.29) is 18.8 Å². The molecule has 176 valence electrons. The molecule has 0 aliphatic rings. The molecule has 0 bridgehead atoms. The smallest absolute Gasteiger partial charge is 0.457 e. The molecular weight excluding hydrogens is 411 g/mol. The number of alkyl halides is 5. The second-order valence-corrected chi connectivity index (χ2v) is 6.66. The van der Waals surface area contributed by atoms with Gasteiger partial charge in [-0.05, 0) is 26.2 Å². The van der Waals surface area contributed by atoms with Gasteiger partial charge in [0.05, 0.1) is 14.2 Å². The lowest BCUT2D eigenvalue weighted by Crippen LogP contribution is -2.39. The molecule has 4 nitrogen and oxygen atoms in total. The summed E-state index contributed by atoms with van der Waals surface area (Å²) in [7, 11) is 2.29. The standard InChI is InChI=1S/C16H25F5O2.C5H8O2/c1-4-6-7-8-9-10-11-13(12(5-2)14(22)23-3)15(17,18)16(19,20)21;1-4(2)5(6)7-3/h4-11H2,1-3H3;1H2,2-3H3. The average molecular weight is 444 g/mol. The number of carbonyl (C=O) groups excluding carboxylic acids is 2. The molecule has 0 atom stereocenters. The van der Waals surface area contributed by atoms with E-state index >= 15 is 0 Å². The fourth-order valence-corrected chi connectivity index (χ4v) is 2.53. The second-order valence-electron chi connectivity index (χ2n) is 6.66. The topological polar surface area (TPSA) is 52.6 Å². The van der Waals surface area contributed by atoms with E-state index < -0.39 is 35.6 Å². The van der Waals surface area contributed by atoms with Crippen molar-refractivity contribution in [3.05, 3.63) is 23.3 Å². The minimum Gasteiger partial charge on any atom is -0.466 e. The number of esters is 2. The SMILES string of the molecule is C=C(C)C(=O)OC.CCCCCCCCC(=C(CC)C(=O)OC)C(F)(F)C(F)(F)F. The predicted octanol–water partition coefficient (Wildman–Crippen LogP) is 6.55. The maximum atomic E-state index is 13.8. The summed E-state index contributed by atoms with van der Waals surface area (Å²) in [5, 5.41) is 0. The van der Waals surface area contributed by atoms with Gasteiger partial charge in [-0.1, -0.05) is 52.5 Å². The molecule has 0 aromatic carbocycles. The molecular formula is C21H33F5O4. The molecule has 0 heterocycles. The summed E-state index contributed by atoms with van der Waals surface area (Å²) in [4.78, 5) is 21.7. The third kappa shape index (κ3) is 10.7. The van der Waals surface area contributed by atoms with Gasteiger partial charge in [0.15, 0.2) is 0 Å². The Balaban J connectivity index is 0. The maximum Gasteiger partial charge on any atom is 0.457 e. The van der Waals surface area contributed by atoms with E-state index in [1.807, 2.05) is 6.92 Å². The Hall–Kier alpha value is -1.93. The number of hydrogen-bond acceptors (Lipinski definition) is 4. The van der Waals surface area contributed by atoms with Crippen molar-refractivity contribution in [2.24, 2.45) is 0 Å². The first-order valence-electron chi connectivity index (χ1n) is 9.80. The monoisotopic (exact) mass is 444 g/mol. The van der Waals surface area contributed by atoms with Crippen LogP contribution < -0.4 is 0 Å². The van der Waals surface area contributed by atoms with Crippen LogP contribution in [-0.4, -0.2) is 38.3 Å². The van der Waals surface area contributed by atoms with E-state index in [9.17, 15) is 31.5 Å². The van der Waals surface area contributed by atoms with Crippen LogP contribution in [0.15, 0.2) is 23.3 Å². The van der Waals surface area contributed by atoms with E-state index in [1.165, 1.54) is 14.0 Å². The quantitative estimate of drug-likeness (QED) is 0.157. The van der Waals surface area contributed by atoms with Crippen LogP contribution in [0.4, 0.5) is 22.0 Å². The average Bonchev–Trinajstić information content (AvgIpc) is 2.67. The van der Waals surface area contributed by atoms with Crippen LogP contribution in [0, 0.1) is 0 Å². The zero-order valence-electron chi connectivity index (χ0n) is 18.4. The molecule has 0 rings (SSSR count). The molecule has 30 heavy (non-hydrogen) atoms. The molecule has 0 aromatic heterocycles. The highest BCUT2D eigenvalue weighted by Gasteiger charge is 2.60. The minimum atomic E-state index is -5.72. The van der Waals surface area contributed by atoms with E-state index in [0.29, 0.717) is 12.0 Å². The summed E-state index contributed by atoms with van der Waals surface area (Å²) in [6, 6.07) is 0. The Labute approximate surface area is 175 Å². The molecule has 0 radical (unpaired) electrons. The largest absolute Gasteiger partial charge is 0.466 e. The highest BCUT2D eigenvalue weighted by molar-refractivity contribution is 5.89. The van der Waals surface area contributed by atoms with Gasteiger partial charge in [-0.15, -0.1) is 0 Å². The number of allylic oxidation sites excluding steroid dienone is 1. The number of methoxy groups -OCH3 is 2. The number of hydrogen-bond donors (Lipinski definition) is 0. The third-order valence-electron chi connectivity index (χ3n) is 4.20. The van der Waals surface area contributed by atoms with Gasteiger partial charge >= 0.3 is 24.0 Å². The summed E-state index contributed by atoms with van der Waals surface area (Å²) >= 11 is 0. The van der Waals surface area contributed by atoms with E-state index in [2.05, 4.69) is 16.1 Å². The third-order valence-corrected chi connectivity index (χ3v) is 4.20. The first-order valence-corrected chi connectivity index (χ1v) is 9.80. The Morgan fingerprint density at radius 2 is 1.30 bits per heavy atom. The van der Waals surface area contributed by atoms with Crippen molar-refractivity contribution in [1.82, 2.24) is 0 Å². The molecule has 0 saturated carbocycles. The maximum absolute atomic E-state index is 13.8. The molecule has 0 aromatic rings. The molecule has 0 aliphatic carbocycles. The van der Waals surface area contributed by atoms with Gasteiger partial charge in [-0.3, -0.25) is 0 Å². The molecule has 0 unspecified atom stereocenters. The Bertz CT molecular complexity index is 580. The van der Waals surface area contributed by atoms with Gasteiger partial charge in [0.1, 0.15) is 0 Å². The van der Waals surface area contributed by atoms with Gasteiger partial charge in [0.25, 0.3) is 0 Å². The van der Waals surface area contributed by atoms with Gasteiger partial charge in [0.2, 0.25) is 0 Å². The van der Waals surface area contributed by atoms with Crippen molar-refractivity contribution in [2.75, 3.05) is 14.2 Å². The zero-order chi connectivity index (χ0) is 24.0. The van der Waals surface area contributed by atoms with Crippen molar-refractivity contribution >= 4 is 11.9 Å². The first-order chi connectivity index (χ1) is 13.8. The van der Waals surface area contributed by atoms with Crippen LogP contribution in [0.1, 0.15) is 72.1 Å². The van der Waals surface area contributed by atoms with Crippen LogP contribution >= 0.6 is 0 Å². The number of unbranched alkanes of at least 4 members (excludes halogenated alkanes) is 5. The zero-order valence-corrected chi connectivity index (χ0v) is 18.4. The van der Waals surface area contributed by atoms with Crippen LogP contribution in [0.2, 0.25) is 0 Å². The van der Waals surface area contributed by atoms with Gasteiger partial charge in [-0.2, -0.15) is 22.0 Å². The number of ether oxygens (including phenoxy) is 2. The second kappa shape index (κ2) is 15.0. The normalized spacial score (nSPS) is 12.3. The van der Waals surface area contributed by atoms with Crippen LogP contribution in [0.3, 0.4) is 0 Å². The van der Waals surface area contributed by atoms with E-state index in [1.54, 1.807) is 6.92 Å². The summed E-state index contributed by atoms with van der Waals surface area (Å²) in [6.07, 6.45) is -1.97. The number of halogens is 5. The van der Waals surface area contributed by atoms with Crippen molar-refractivity contribution in [3.63, 3.8) is 0 Å². The molecule has 0 fully saturated rings. The molecule has 0 aliphatic heterocycles. The van der Waals surface area contributed by atoms with Crippen molar-refractivity contribution < 1.29 is 41.0 Å². The first kappa shape index (κ1) is 30.3. The highest BCUT2D eigenvalue weighted by atomic mass is 19.4. The van der Waals surface area contributed by atoms with Gasteiger partial charge < -0.3 is 9.47 Å². The van der Waals surface area contributed by atoms with E-state index in [4.69, 9.17) is 0 Å². The fraction of sp³-hybridized carbons (Fsp3) is 0.714. The van der Waals surface area contributed by atoms with Crippen molar-refractivity contribution in [2.45, 2.75) is 84.2 Å². The minimum absolute atomic E-state index is 0.186. The highest BCUT2D eigenvalue weighted by Crippen LogP contribution is 2.44. The number of carbonyl (C=O) groups is 2. The molecule has 0 N–H and O–H groups in total. The van der Waals surface area contributed by atoms with E-state index in [0.717, 1.165) is 32.8 Å². The predicted molar refractivity (Wildman–Crippen MR) is 105 cm³/mol. The fourth-order valence-electron chi connectivity index (χ4n) is 2.53. The van der Waals surface area contributed by atoms with Gasteiger partial charge in [0, 0.05) is 16.7 Å². The summed E-state index contributed by atoms with van der Waals surface area (Å²) in [5.41, 5.74) is -1.30. The summed E-state index contributed by atoms with van der Waals surface area (Å²) in [5.74, 6) is -6.49. The van der Waals surface area contributed by atoms with Crippen LogP contribution in [-0.2, 0) is 19.1 Å². The Morgan fingerprint density at radius 3 is 1.63 bits per heavy atom. The van der Waals surface area contributed by atoms with Crippen LogP contribution in [0.25, 0.3) is 0 Å². The molecule has 0 amide bonds. The molecule has 9 heteroatoms. The summed E-state index contributed by atoms with van der Waals surface area (Å²) in [6.45, 7) is 8.34. The van der Waals surface area contributed by atoms with Crippen molar-refractivity contribution in [3.8, 4) is 0 Å². The Morgan fingerprint density at radius 1 is 0.833 bits per heavy atom. The van der Waals surface area contributed by atoms with Crippen LogP contribution in [0.5, 0.6) is 0 Å². The molecule has 0 saturated heterocycles. The molecule has 0 spiro atoms. The summed E-state index contributed by atoms with van der Waals surface area (Å²) < 4.78 is 74.2. The van der Waals surface area contributed by atoms with Crippen molar-refractivity contribution in [1.29, 1.82) is 0 Å². The Kier molecular flexibility index (Phi) is 15.1. The number of rotatable bonds is 11. The lowest BCUT2D eigenvalue weighted by Gasteiger charge is -2.25. The lowest BCUT2D eigenvalue weighted by molar-refractivity contribution is -0.265. The van der Waals surface area contributed by atoms with Gasteiger partial charge in [-0.25, -0.2) is 9.59 Å².